The predicted octanol–water partition coefficient (Wildman–Crippen LogP) is 6.47. The van der Waals surface area contributed by atoms with Gasteiger partial charge in [-0.1, -0.05) is 11.8 Å². The summed E-state index contributed by atoms with van der Waals surface area (Å²) < 4.78 is 23.5. The number of ether oxygens (including phenoxy) is 4. The summed E-state index contributed by atoms with van der Waals surface area (Å²) in [6, 6.07) is 7.41. The molecule has 180 valence electrons. The van der Waals surface area contributed by atoms with E-state index in [0.717, 1.165) is 28.7 Å². The first-order chi connectivity index (χ1) is 16.9. The molecule has 2 aromatic rings. The molecule has 0 aromatic heterocycles. The maximum atomic E-state index is 13.3. The highest BCUT2D eigenvalue weighted by molar-refractivity contribution is 9.11. The minimum atomic E-state index is 0.0155. The number of hydrogen-bond donors (Lipinski definition) is 0. The molecule has 0 spiro atoms. The van der Waals surface area contributed by atoms with Gasteiger partial charge in [0.05, 0.1) is 23.2 Å². The zero-order chi connectivity index (χ0) is 25.4. The number of Topliss-reactive ketones (excluding diaryl/α,β-unsaturated/α-hetero) is 1. The molecule has 3 rings (SSSR count). The minimum absolute atomic E-state index is 0.0155. The zero-order valence-electron chi connectivity index (χ0n) is 19.5. The summed E-state index contributed by atoms with van der Waals surface area (Å²) in [7, 11) is 3.12. The summed E-state index contributed by atoms with van der Waals surface area (Å²) in [6.45, 7) is 0.250. The number of methoxy groups -OCH3 is 2. The van der Waals surface area contributed by atoms with E-state index in [4.69, 9.17) is 31.8 Å². The second-order valence-corrected chi connectivity index (χ2v) is 9.28. The molecule has 1 aliphatic rings. The predicted molar refractivity (Wildman–Crippen MR) is 145 cm³/mol. The molecule has 5 nitrogen and oxygen atoms in total. The number of hydrogen-bond acceptors (Lipinski definition) is 5. The molecule has 0 heterocycles. The number of halogens is 2. The smallest absolute Gasteiger partial charge is 0.185 e. The van der Waals surface area contributed by atoms with Crippen LogP contribution in [0.4, 0.5) is 0 Å². The fourth-order valence-electron chi connectivity index (χ4n) is 3.73. The van der Waals surface area contributed by atoms with E-state index in [0.29, 0.717) is 44.8 Å². The van der Waals surface area contributed by atoms with Crippen LogP contribution in [0.25, 0.3) is 12.2 Å². The maximum Gasteiger partial charge on any atom is 0.185 e. The first-order valence-corrected chi connectivity index (χ1v) is 12.3. The zero-order valence-corrected chi connectivity index (χ0v) is 22.6. The number of benzene rings is 2. The molecule has 0 atom stereocenters. The van der Waals surface area contributed by atoms with Gasteiger partial charge in [-0.2, -0.15) is 0 Å². The van der Waals surface area contributed by atoms with Crippen LogP contribution in [0.1, 0.15) is 30.4 Å². The Morgan fingerprint density at radius 1 is 0.829 bits per heavy atom. The molecule has 0 bridgehead atoms. The third-order valence-electron chi connectivity index (χ3n) is 5.26. The van der Waals surface area contributed by atoms with E-state index in [9.17, 15) is 4.79 Å². The summed E-state index contributed by atoms with van der Waals surface area (Å²) in [5, 5.41) is 0. The van der Waals surface area contributed by atoms with Gasteiger partial charge in [0, 0.05) is 11.1 Å². The molecule has 0 radical (unpaired) electrons. The quantitative estimate of drug-likeness (QED) is 0.257. The van der Waals surface area contributed by atoms with Gasteiger partial charge in [-0.05, 0) is 98.7 Å². The summed E-state index contributed by atoms with van der Waals surface area (Å²) in [5.41, 5.74) is 3.11. The average Bonchev–Trinajstić information content (AvgIpc) is 2.84. The van der Waals surface area contributed by atoms with Gasteiger partial charge in [-0.3, -0.25) is 4.79 Å². The van der Waals surface area contributed by atoms with Crippen molar-refractivity contribution < 1.29 is 23.7 Å². The molecular formula is C28H24Br2O5. The van der Waals surface area contributed by atoms with Crippen LogP contribution in [0.3, 0.4) is 0 Å². The fourth-order valence-corrected chi connectivity index (χ4v) is 4.88. The standard InChI is InChI=1S/C28H24Br2O5/c1-5-10-34-27-22(29)14-18(16-24(27)32-3)12-20-8-7-9-21(26(20)31)13-19-15-23(30)28(35-11-6-2)25(17-19)33-4/h1-2,12-17H,7-11H2,3-4H3/b20-12+,21-13+. The maximum absolute atomic E-state index is 13.3. The third kappa shape index (κ3) is 6.51. The van der Waals surface area contributed by atoms with Crippen LogP contribution in [0.15, 0.2) is 44.4 Å². The Morgan fingerprint density at radius 2 is 1.26 bits per heavy atom. The lowest BCUT2D eigenvalue weighted by Gasteiger charge is -2.18. The van der Waals surface area contributed by atoms with E-state index in [1.54, 1.807) is 14.2 Å². The second kappa shape index (κ2) is 12.5. The number of carbonyl (C=O) groups excluding carboxylic acids is 1. The van der Waals surface area contributed by atoms with Gasteiger partial charge in [-0.25, -0.2) is 0 Å². The highest BCUT2D eigenvalue weighted by atomic mass is 79.9. The minimum Gasteiger partial charge on any atom is -0.493 e. The van der Waals surface area contributed by atoms with Crippen LogP contribution in [0, 0.1) is 24.7 Å². The lowest BCUT2D eigenvalue weighted by Crippen LogP contribution is -2.12. The van der Waals surface area contributed by atoms with Crippen molar-refractivity contribution in [3.63, 3.8) is 0 Å². The lowest BCUT2D eigenvalue weighted by molar-refractivity contribution is -0.112. The number of carbonyl (C=O) groups is 1. The van der Waals surface area contributed by atoms with Gasteiger partial charge in [0.1, 0.15) is 13.2 Å². The molecule has 2 aromatic carbocycles. The molecule has 0 unspecified atom stereocenters. The molecule has 1 saturated carbocycles. The van der Waals surface area contributed by atoms with Gasteiger partial charge in [0.2, 0.25) is 0 Å². The summed E-state index contributed by atoms with van der Waals surface area (Å²) in [5.74, 6) is 7.01. The monoisotopic (exact) mass is 598 g/mol. The molecule has 35 heavy (non-hydrogen) atoms. The van der Waals surface area contributed by atoms with E-state index in [2.05, 4.69) is 43.7 Å². The Kier molecular flexibility index (Phi) is 9.48. The van der Waals surface area contributed by atoms with Gasteiger partial charge in [-0.15, -0.1) is 12.8 Å². The van der Waals surface area contributed by atoms with Crippen molar-refractivity contribution in [1.82, 2.24) is 0 Å². The third-order valence-corrected chi connectivity index (χ3v) is 6.44. The van der Waals surface area contributed by atoms with Crippen LogP contribution >= 0.6 is 31.9 Å². The van der Waals surface area contributed by atoms with Gasteiger partial charge < -0.3 is 18.9 Å². The van der Waals surface area contributed by atoms with Gasteiger partial charge in [0.25, 0.3) is 0 Å². The molecule has 1 fully saturated rings. The van der Waals surface area contributed by atoms with E-state index >= 15 is 0 Å². The van der Waals surface area contributed by atoms with Crippen molar-refractivity contribution in [2.24, 2.45) is 0 Å². The molecule has 1 aliphatic carbocycles. The van der Waals surface area contributed by atoms with Crippen LogP contribution < -0.4 is 18.9 Å². The van der Waals surface area contributed by atoms with Crippen molar-refractivity contribution >= 4 is 49.8 Å². The second-order valence-electron chi connectivity index (χ2n) is 7.58. The Hall–Kier alpha value is -3.13. The number of rotatable bonds is 8. The summed E-state index contributed by atoms with van der Waals surface area (Å²) in [4.78, 5) is 13.3. The van der Waals surface area contributed by atoms with Crippen molar-refractivity contribution in [3.05, 3.63) is 55.5 Å². The SMILES string of the molecule is C#CCOc1c(Br)cc(/C=C2\CCC/C(=C\c3cc(Br)c(OCC#C)c(OC)c3)C2=O)cc1OC. The Bertz CT molecular complexity index is 1170. The molecule has 0 aliphatic heterocycles. The Morgan fingerprint density at radius 3 is 1.63 bits per heavy atom. The highest BCUT2D eigenvalue weighted by Gasteiger charge is 2.22. The number of allylic oxidation sites excluding steroid dienone is 2. The molecule has 0 N–H and O–H groups in total. The number of terminal acetylenes is 2. The normalized spacial score (nSPS) is 15.4. The van der Waals surface area contributed by atoms with E-state index in [1.807, 2.05) is 36.4 Å². The number of ketones is 1. The van der Waals surface area contributed by atoms with Crippen LogP contribution in [0.2, 0.25) is 0 Å². The average molecular weight is 600 g/mol. The first kappa shape index (κ1) is 26.5. The van der Waals surface area contributed by atoms with Crippen molar-refractivity contribution in [2.45, 2.75) is 19.3 Å². The Balaban J connectivity index is 1.92. The van der Waals surface area contributed by atoms with Crippen molar-refractivity contribution in [2.75, 3.05) is 27.4 Å². The van der Waals surface area contributed by atoms with Crippen molar-refractivity contribution in [3.8, 4) is 47.7 Å². The summed E-state index contributed by atoms with van der Waals surface area (Å²) in [6.07, 6.45) is 16.6. The molecule has 7 heteroatoms. The van der Waals surface area contributed by atoms with E-state index < -0.39 is 0 Å². The van der Waals surface area contributed by atoms with E-state index in [1.165, 1.54) is 0 Å². The lowest BCUT2D eigenvalue weighted by atomic mass is 9.87. The molecule has 0 saturated heterocycles. The highest BCUT2D eigenvalue weighted by Crippen LogP contribution is 2.39. The van der Waals surface area contributed by atoms with Gasteiger partial charge in [0.15, 0.2) is 28.8 Å². The molecular weight excluding hydrogens is 576 g/mol. The topological polar surface area (TPSA) is 54.0 Å². The van der Waals surface area contributed by atoms with Gasteiger partial charge >= 0.3 is 0 Å². The van der Waals surface area contributed by atoms with Crippen LogP contribution in [-0.2, 0) is 4.79 Å². The molecule has 0 amide bonds. The van der Waals surface area contributed by atoms with Crippen molar-refractivity contribution in [1.29, 1.82) is 0 Å². The Labute approximate surface area is 222 Å². The first-order valence-electron chi connectivity index (χ1n) is 10.7. The van der Waals surface area contributed by atoms with Crippen LogP contribution in [-0.4, -0.2) is 33.2 Å². The summed E-state index contributed by atoms with van der Waals surface area (Å²) >= 11 is 7.02. The fraction of sp³-hybridized carbons (Fsp3) is 0.250. The van der Waals surface area contributed by atoms with Crippen LogP contribution in [0.5, 0.6) is 23.0 Å². The van der Waals surface area contributed by atoms with E-state index in [-0.39, 0.29) is 19.0 Å². The largest absolute Gasteiger partial charge is 0.493 e.